The molecular formula is C15H24N2O. The molecule has 0 aliphatic carbocycles. The highest BCUT2D eigenvalue weighted by molar-refractivity contribution is 5.78. The molecule has 1 atom stereocenters. The van der Waals surface area contributed by atoms with Gasteiger partial charge in [0, 0.05) is 12.6 Å². The third-order valence-electron chi connectivity index (χ3n) is 2.97. The Labute approximate surface area is 110 Å². The summed E-state index contributed by atoms with van der Waals surface area (Å²) in [6.45, 7) is 4.57. The zero-order chi connectivity index (χ0) is 13.4. The minimum Gasteiger partial charge on any atom is -0.352 e. The summed E-state index contributed by atoms with van der Waals surface area (Å²) in [5.74, 6) is 0.0364. The Morgan fingerprint density at radius 1 is 1.28 bits per heavy atom. The van der Waals surface area contributed by atoms with Crippen molar-refractivity contribution in [2.24, 2.45) is 5.73 Å². The van der Waals surface area contributed by atoms with Gasteiger partial charge in [0.05, 0.1) is 6.42 Å². The third kappa shape index (κ3) is 5.32. The summed E-state index contributed by atoms with van der Waals surface area (Å²) in [6, 6.07) is 8.35. The number of hydrogen-bond acceptors (Lipinski definition) is 2. The second-order valence-electron chi connectivity index (χ2n) is 4.80. The van der Waals surface area contributed by atoms with E-state index in [1.165, 1.54) is 18.4 Å². The molecule has 100 valence electrons. The lowest BCUT2D eigenvalue weighted by molar-refractivity contribution is -0.120. The average Bonchev–Trinajstić information content (AvgIpc) is 2.37. The van der Waals surface area contributed by atoms with Gasteiger partial charge in [-0.25, -0.2) is 0 Å². The SMILES string of the molecule is CCCCc1ccc(CC(=O)N[C@@H](C)CN)cc1. The Morgan fingerprint density at radius 3 is 2.44 bits per heavy atom. The number of rotatable bonds is 7. The van der Waals surface area contributed by atoms with E-state index in [-0.39, 0.29) is 11.9 Å². The zero-order valence-corrected chi connectivity index (χ0v) is 11.4. The highest BCUT2D eigenvalue weighted by Gasteiger charge is 2.06. The molecule has 0 spiro atoms. The predicted octanol–water partition coefficient (Wildman–Crippen LogP) is 2.04. The number of benzene rings is 1. The van der Waals surface area contributed by atoms with Crippen LogP contribution in [0.5, 0.6) is 0 Å². The van der Waals surface area contributed by atoms with Gasteiger partial charge in [0.25, 0.3) is 0 Å². The van der Waals surface area contributed by atoms with Gasteiger partial charge >= 0.3 is 0 Å². The Bertz CT molecular complexity index is 359. The molecule has 0 saturated heterocycles. The molecule has 0 aliphatic heterocycles. The molecule has 3 N–H and O–H groups in total. The van der Waals surface area contributed by atoms with E-state index in [9.17, 15) is 4.79 Å². The van der Waals surface area contributed by atoms with E-state index in [2.05, 4.69) is 24.4 Å². The van der Waals surface area contributed by atoms with Crippen LogP contribution in [0.1, 0.15) is 37.8 Å². The topological polar surface area (TPSA) is 55.1 Å². The van der Waals surface area contributed by atoms with Crippen LogP contribution < -0.4 is 11.1 Å². The fourth-order valence-corrected chi connectivity index (χ4v) is 1.77. The Balaban J connectivity index is 2.45. The molecule has 0 radical (unpaired) electrons. The number of hydrogen-bond donors (Lipinski definition) is 2. The minimum absolute atomic E-state index is 0.0364. The summed E-state index contributed by atoms with van der Waals surface area (Å²) in [4.78, 5) is 11.7. The molecule has 0 bridgehead atoms. The van der Waals surface area contributed by atoms with E-state index >= 15 is 0 Å². The normalized spacial score (nSPS) is 12.2. The maximum atomic E-state index is 11.7. The lowest BCUT2D eigenvalue weighted by Crippen LogP contribution is -2.38. The van der Waals surface area contributed by atoms with Crippen molar-refractivity contribution in [3.05, 3.63) is 35.4 Å². The van der Waals surface area contributed by atoms with E-state index in [1.807, 2.05) is 19.1 Å². The molecule has 0 aliphatic rings. The Morgan fingerprint density at radius 2 is 1.89 bits per heavy atom. The number of unbranched alkanes of at least 4 members (excludes halogenated alkanes) is 1. The van der Waals surface area contributed by atoms with Crippen LogP contribution in [0.2, 0.25) is 0 Å². The van der Waals surface area contributed by atoms with E-state index < -0.39 is 0 Å². The van der Waals surface area contributed by atoms with E-state index in [1.54, 1.807) is 0 Å². The van der Waals surface area contributed by atoms with Crippen LogP contribution in [0.3, 0.4) is 0 Å². The smallest absolute Gasteiger partial charge is 0.224 e. The molecule has 0 heterocycles. The largest absolute Gasteiger partial charge is 0.352 e. The number of carbonyl (C=O) groups is 1. The monoisotopic (exact) mass is 248 g/mol. The lowest BCUT2D eigenvalue weighted by Gasteiger charge is -2.11. The van der Waals surface area contributed by atoms with Crippen molar-refractivity contribution in [3.8, 4) is 0 Å². The van der Waals surface area contributed by atoms with Crippen molar-refractivity contribution in [3.63, 3.8) is 0 Å². The molecule has 1 amide bonds. The third-order valence-corrected chi connectivity index (χ3v) is 2.97. The van der Waals surface area contributed by atoms with Gasteiger partial charge in [0.2, 0.25) is 5.91 Å². The van der Waals surface area contributed by atoms with Gasteiger partial charge in [-0.1, -0.05) is 37.6 Å². The van der Waals surface area contributed by atoms with Crippen LogP contribution in [0.4, 0.5) is 0 Å². The Hall–Kier alpha value is -1.35. The first-order chi connectivity index (χ1) is 8.65. The lowest BCUT2D eigenvalue weighted by atomic mass is 10.0. The van der Waals surface area contributed by atoms with Crippen molar-refractivity contribution in [1.82, 2.24) is 5.32 Å². The van der Waals surface area contributed by atoms with Gasteiger partial charge in [-0.05, 0) is 30.9 Å². The van der Waals surface area contributed by atoms with Gasteiger partial charge in [0.1, 0.15) is 0 Å². The van der Waals surface area contributed by atoms with E-state index in [0.717, 1.165) is 12.0 Å². The van der Waals surface area contributed by atoms with Crippen LogP contribution in [0, 0.1) is 0 Å². The molecule has 0 unspecified atom stereocenters. The van der Waals surface area contributed by atoms with Crippen LogP contribution in [0.25, 0.3) is 0 Å². The number of amides is 1. The molecule has 1 rings (SSSR count). The molecule has 1 aromatic carbocycles. The number of nitrogens with one attached hydrogen (secondary N) is 1. The van der Waals surface area contributed by atoms with Gasteiger partial charge < -0.3 is 11.1 Å². The van der Waals surface area contributed by atoms with Crippen molar-refractivity contribution >= 4 is 5.91 Å². The molecule has 18 heavy (non-hydrogen) atoms. The summed E-state index contributed by atoms with van der Waals surface area (Å²) in [5, 5.41) is 2.86. The highest BCUT2D eigenvalue weighted by atomic mass is 16.1. The van der Waals surface area contributed by atoms with Gasteiger partial charge in [-0.3, -0.25) is 4.79 Å². The summed E-state index contributed by atoms with van der Waals surface area (Å²) >= 11 is 0. The molecule has 1 aromatic rings. The first kappa shape index (κ1) is 14.7. The number of carbonyl (C=O) groups excluding carboxylic acids is 1. The molecule has 0 fully saturated rings. The summed E-state index contributed by atoms with van der Waals surface area (Å²) in [7, 11) is 0. The van der Waals surface area contributed by atoms with Crippen molar-refractivity contribution in [1.29, 1.82) is 0 Å². The van der Waals surface area contributed by atoms with Crippen LogP contribution in [-0.4, -0.2) is 18.5 Å². The summed E-state index contributed by atoms with van der Waals surface area (Å²) in [6.07, 6.45) is 3.97. The van der Waals surface area contributed by atoms with Gasteiger partial charge in [-0.2, -0.15) is 0 Å². The van der Waals surface area contributed by atoms with Crippen molar-refractivity contribution in [2.75, 3.05) is 6.54 Å². The van der Waals surface area contributed by atoms with Gasteiger partial charge in [-0.15, -0.1) is 0 Å². The minimum atomic E-state index is 0.0364. The average molecular weight is 248 g/mol. The highest BCUT2D eigenvalue weighted by Crippen LogP contribution is 2.08. The van der Waals surface area contributed by atoms with E-state index in [0.29, 0.717) is 13.0 Å². The summed E-state index contributed by atoms with van der Waals surface area (Å²) < 4.78 is 0. The van der Waals surface area contributed by atoms with Crippen molar-refractivity contribution in [2.45, 2.75) is 45.6 Å². The molecule has 0 aromatic heterocycles. The van der Waals surface area contributed by atoms with Crippen LogP contribution in [0.15, 0.2) is 24.3 Å². The fraction of sp³-hybridized carbons (Fsp3) is 0.533. The molecular weight excluding hydrogens is 224 g/mol. The number of nitrogens with two attached hydrogens (primary N) is 1. The van der Waals surface area contributed by atoms with E-state index in [4.69, 9.17) is 5.73 Å². The second kappa shape index (κ2) is 7.88. The van der Waals surface area contributed by atoms with Crippen LogP contribution >= 0.6 is 0 Å². The summed E-state index contributed by atoms with van der Waals surface area (Å²) in [5.41, 5.74) is 7.86. The standard InChI is InChI=1S/C15H24N2O/c1-3-4-5-13-6-8-14(9-7-13)10-15(18)17-12(2)11-16/h6-9,12H,3-5,10-11,16H2,1-2H3,(H,17,18)/t12-/m0/s1. The van der Waals surface area contributed by atoms with Crippen molar-refractivity contribution < 1.29 is 4.79 Å². The quantitative estimate of drug-likeness (QED) is 0.776. The molecule has 0 saturated carbocycles. The van der Waals surface area contributed by atoms with Crippen LogP contribution in [-0.2, 0) is 17.6 Å². The molecule has 3 nitrogen and oxygen atoms in total. The maximum absolute atomic E-state index is 11.7. The van der Waals surface area contributed by atoms with Gasteiger partial charge in [0.15, 0.2) is 0 Å². The zero-order valence-electron chi connectivity index (χ0n) is 11.4. The number of aryl methyl sites for hydroxylation is 1. The molecule has 3 heteroatoms. The Kier molecular flexibility index (Phi) is 6.44. The maximum Gasteiger partial charge on any atom is 0.224 e. The first-order valence-electron chi connectivity index (χ1n) is 6.73. The second-order valence-corrected chi connectivity index (χ2v) is 4.80. The fourth-order valence-electron chi connectivity index (χ4n) is 1.77. The first-order valence-corrected chi connectivity index (χ1v) is 6.73. The predicted molar refractivity (Wildman–Crippen MR) is 75.4 cm³/mol.